The lowest BCUT2D eigenvalue weighted by Gasteiger charge is -2.20. The quantitative estimate of drug-likeness (QED) is 0.896. The molecule has 2 aromatic rings. The third-order valence-corrected chi connectivity index (χ3v) is 4.95. The highest BCUT2D eigenvalue weighted by molar-refractivity contribution is 5.79. The van der Waals surface area contributed by atoms with E-state index < -0.39 is 6.10 Å². The van der Waals surface area contributed by atoms with Crippen molar-refractivity contribution in [2.45, 2.75) is 25.5 Å². The van der Waals surface area contributed by atoms with E-state index in [4.69, 9.17) is 0 Å². The van der Waals surface area contributed by atoms with Crippen LogP contribution in [0.2, 0.25) is 0 Å². The summed E-state index contributed by atoms with van der Waals surface area (Å²) in [6.07, 6.45) is 2.69. The smallest absolute Gasteiger partial charge is 0.228 e. The van der Waals surface area contributed by atoms with Crippen LogP contribution < -0.4 is 0 Å². The van der Waals surface area contributed by atoms with Gasteiger partial charge < -0.3 is 14.6 Å². The molecule has 0 spiro atoms. The van der Waals surface area contributed by atoms with Gasteiger partial charge in [0.15, 0.2) is 0 Å². The first-order valence-corrected chi connectivity index (χ1v) is 8.08. The van der Waals surface area contributed by atoms with Crippen molar-refractivity contribution < 1.29 is 9.90 Å². The summed E-state index contributed by atoms with van der Waals surface area (Å²) in [5.74, 6) is 1.05. The summed E-state index contributed by atoms with van der Waals surface area (Å²) in [6.45, 7) is 1.72. The van der Waals surface area contributed by atoms with Gasteiger partial charge in [-0.05, 0) is 12.0 Å². The van der Waals surface area contributed by atoms with Crippen LogP contribution in [0.4, 0.5) is 0 Å². The number of benzene rings is 1. The molecule has 1 aromatic heterocycles. The summed E-state index contributed by atoms with van der Waals surface area (Å²) in [6, 6.07) is 10.1. The van der Waals surface area contributed by atoms with Crippen LogP contribution in [0.15, 0.2) is 36.7 Å². The van der Waals surface area contributed by atoms with Crippen molar-refractivity contribution in [3.63, 3.8) is 0 Å². The van der Waals surface area contributed by atoms with Crippen LogP contribution in [0.3, 0.4) is 0 Å². The number of aliphatic hydroxyl groups is 1. The molecule has 0 aliphatic carbocycles. The monoisotopic (exact) mass is 312 g/mol. The fourth-order valence-corrected chi connectivity index (χ4v) is 3.69. The fraction of sp³-hybridized carbons (Fsp3) is 0.471. The van der Waals surface area contributed by atoms with Crippen LogP contribution >= 0.6 is 0 Å². The molecule has 6 heteroatoms. The van der Waals surface area contributed by atoms with Crippen molar-refractivity contribution in [2.75, 3.05) is 13.1 Å². The molecule has 0 radical (unpaired) electrons. The number of aliphatic hydroxyl groups excluding tert-OH is 1. The first-order valence-electron chi connectivity index (χ1n) is 8.08. The van der Waals surface area contributed by atoms with Gasteiger partial charge in [-0.1, -0.05) is 30.3 Å². The highest BCUT2D eigenvalue weighted by atomic mass is 16.3. The number of nitrogens with zero attached hydrogens (tertiary/aromatic N) is 4. The summed E-state index contributed by atoms with van der Waals surface area (Å²) in [5.41, 5.74) is 1.21. The van der Waals surface area contributed by atoms with Crippen molar-refractivity contribution in [1.82, 2.24) is 19.7 Å². The minimum absolute atomic E-state index is 0.0665. The molecule has 1 aromatic carbocycles. The Labute approximate surface area is 134 Å². The third-order valence-electron chi connectivity index (χ3n) is 4.95. The van der Waals surface area contributed by atoms with Crippen LogP contribution in [0.5, 0.6) is 0 Å². The number of hydrogen-bond donors (Lipinski definition) is 1. The predicted octanol–water partition coefficient (Wildman–Crippen LogP) is 0.512. The lowest BCUT2D eigenvalue weighted by Crippen LogP contribution is -2.35. The molecule has 1 unspecified atom stereocenters. The number of fused-ring (bicyclic) bond motifs is 1. The Morgan fingerprint density at radius 1 is 1.22 bits per heavy atom. The molecule has 3 atom stereocenters. The first-order chi connectivity index (χ1) is 11.2. The second-order valence-corrected chi connectivity index (χ2v) is 6.56. The average Bonchev–Trinajstić information content (AvgIpc) is 3.23. The zero-order valence-electron chi connectivity index (χ0n) is 12.9. The molecule has 0 saturated carbocycles. The topological polar surface area (TPSA) is 71.2 Å². The molecule has 120 valence electrons. The van der Waals surface area contributed by atoms with E-state index in [2.05, 4.69) is 22.3 Å². The summed E-state index contributed by atoms with van der Waals surface area (Å²) in [5, 5.41) is 18.2. The molecule has 1 fully saturated rings. The van der Waals surface area contributed by atoms with Gasteiger partial charge in [0.25, 0.3) is 0 Å². The molecule has 6 nitrogen and oxygen atoms in total. The minimum Gasteiger partial charge on any atom is -0.391 e. The van der Waals surface area contributed by atoms with Crippen molar-refractivity contribution in [3.8, 4) is 0 Å². The Balaban J connectivity index is 1.39. The van der Waals surface area contributed by atoms with Crippen molar-refractivity contribution in [2.24, 2.45) is 11.8 Å². The number of carbonyl (C=O) groups excluding carboxylic acids is 1. The van der Waals surface area contributed by atoms with Crippen LogP contribution in [0.25, 0.3) is 0 Å². The molecule has 0 bridgehead atoms. The van der Waals surface area contributed by atoms with Crippen LogP contribution in [0.1, 0.15) is 11.4 Å². The summed E-state index contributed by atoms with van der Waals surface area (Å²) in [7, 11) is 0. The van der Waals surface area contributed by atoms with E-state index in [0.29, 0.717) is 26.1 Å². The second-order valence-electron chi connectivity index (χ2n) is 6.56. The Bertz CT molecular complexity index is 679. The number of carbonyl (C=O) groups is 1. The van der Waals surface area contributed by atoms with Crippen molar-refractivity contribution in [1.29, 1.82) is 0 Å². The molecule has 23 heavy (non-hydrogen) atoms. The molecule has 4 rings (SSSR count). The third kappa shape index (κ3) is 2.74. The van der Waals surface area contributed by atoms with E-state index in [1.165, 1.54) is 5.56 Å². The normalized spacial score (nSPS) is 26.5. The lowest BCUT2D eigenvalue weighted by molar-refractivity contribution is -0.134. The van der Waals surface area contributed by atoms with Gasteiger partial charge in [-0.2, -0.15) is 0 Å². The largest absolute Gasteiger partial charge is 0.391 e. The number of amides is 1. The minimum atomic E-state index is -0.445. The fourth-order valence-electron chi connectivity index (χ4n) is 3.69. The predicted molar refractivity (Wildman–Crippen MR) is 83.4 cm³/mol. The van der Waals surface area contributed by atoms with Crippen LogP contribution in [-0.4, -0.2) is 49.9 Å². The maximum Gasteiger partial charge on any atom is 0.228 e. The van der Waals surface area contributed by atoms with Gasteiger partial charge in [-0.3, -0.25) is 4.79 Å². The molecule has 1 amide bonds. The Kier molecular flexibility index (Phi) is 3.61. The standard InChI is InChI=1S/C17H20N4O2/c22-15-10-20(8-13(15)6-12-4-2-1-3-5-12)17(23)14-7-16-19-18-11-21(16)9-14/h1-5,11,13-15,22H,6-10H2/t13-,14?,15-/m1/s1. The molecule has 2 aliphatic rings. The average molecular weight is 312 g/mol. The van der Waals surface area contributed by atoms with Gasteiger partial charge >= 0.3 is 0 Å². The summed E-state index contributed by atoms with van der Waals surface area (Å²) < 4.78 is 1.94. The van der Waals surface area contributed by atoms with E-state index in [1.807, 2.05) is 27.7 Å². The molecule has 2 aliphatic heterocycles. The van der Waals surface area contributed by atoms with Gasteiger partial charge in [-0.25, -0.2) is 0 Å². The molecule has 1 N–H and O–H groups in total. The number of hydrogen-bond acceptors (Lipinski definition) is 4. The maximum atomic E-state index is 12.7. The van der Waals surface area contributed by atoms with Gasteiger partial charge in [0.2, 0.25) is 5.91 Å². The molecule has 1 saturated heterocycles. The van der Waals surface area contributed by atoms with Crippen LogP contribution in [0, 0.1) is 11.8 Å². The zero-order valence-corrected chi connectivity index (χ0v) is 12.9. The highest BCUT2D eigenvalue weighted by Gasteiger charge is 2.38. The Hall–Kier alpha value is -2.21. The van der Waals surface area contributed by atoms with Gasteiger partial charge in [0.05, 0.1) is 12.0 Å². The van der Waals surface area contributed by atoms with Crippen molar-refractivity contribution in [3.05, 3.63) is 48.0 Å². The number of rotatable bonds is 3. The molecule has 3 heterocycles. The van der Waals surface area contributed by atoms with E-state index in [0.717, 1.165) is 12.2 Å². The number of β-amino-alcohol motifs (C(OH)–C–C–N with tert-alkyl or cyclic N) is 1. The van der Waals surface area contributed by atoms with Crippen molar-refractivity contribution >= 4 is 5.91 Å². The van der Waals surface area contributed by atoms with E-state index in [9.17, 15) is 9.90 Å². The van der Waals surface area contributed by atoms with Gasteiger partial charge in [0, 0.05) is 32.0 Å². The highest BCUT2D eigenvalue weighted by Crippen LogP contribution is 2.26. The Morgan fingerprint density at radius 2 is 2.04 bits per heavy atom. The Morgan fingerprint density at radius 3 is 2.83 bits per heavy atom. The van der Waals surface area contributed by atoms with Gasteiger partial charge in [-0.15, -0.1) is 10.2 Å². The number of aromatic nitrogens is 3. The lowest BCUT2D eigenvalue weighted by atomic mass is 9.97. The molecular formula is C17H20N4O2. The summed E-state index contributed by atoms with van der Waals surface area (Å²) in [4.78, 5) is 14.5. The number of likely N-dealkylation sites (tertiary alicyclic amines) is 1. The molecular weight excluding hydrogens is 292 g/mol. The summed E-state index contributed by atoms with van der Waals surface area (Å²) >= 11 is 0. The second kappa shape index (κ2) is 5.77. The van der Waals surface area contributed by atoms with Gasteiger partial charge in [0.1, 0.15) is 12.2 Å². The SMILES string of the molecule is O=C(C1Cc2nncn2C1)N1C[C@@H](Cc2ccccc2)[C@H](O)C1. The van der Waals surface area contributed by atoms with E-state index in [-0.39, 0.29) is 17.7 Å². The first kappa shape index (κ1) is 14.4. The van der Waals surface area contributed by atoms with E-state index >= 15 is 0 Å². The zero-order chi connectivity index (χ0) is 15.8. The maximum absolute atomic E-state index is 12.7. The van der Waals surface area contributed by atoms with E-state index in [1.54, 1.807) is 6.33 Å². The van der Waals surface area contributed by atoms with Crippen LogP contribution in [-0.2, 0) is 24.2 Å².